The predicted molar refractivity (Wildman–Crippen MR) is 124 cm³/mol. The van der Waals surface area contributed by atoms with Crippen molar-refractivity contribution in [3.63, 3.8) is 0 Å². The van der Waals surface area contributed by atoms with Crippen molar-refractivity contribution in [1.29, 1.82) is 0 Å². The first kappa shape index (κ1) is 27.2. The highest BCUT2D eigenvalue weighted by atomic mass is 16.5. The van der Waals surface area contributed by atoms with Crippen LogP contribution in [0.4, 0.5) is 0 Å². The van der Waals surface area contributed by atoms with Gasteiger partial charge in [0.15, 0.2) is 0 Å². The molecule has 1 atom stereocenters. The molecule has 0 aliphatic carbocycles. The summed E-state index contributed by atoms with van der Waals surface area (Å²) in [5.74, 6) is 0.0148. The number of carbonyl (C=O) groups excluding carboxylic acids is 1. The van der Waals surface area contributed by atoms with E-state index in [1.165, 1.54) is 89.9 Å². The van der Waals surface area contributed by atoms with E-state index in [4.69, 9.17) is 4.74 Å². The molecule has 0 fully saturated rings. The Labute approximate surface area is 176 Å². The van der Waals surface area contributed by atoms with Crippen LogP contribution in [0.15, 0.2) is 12.2 Å². The van der Waals surface area contributed by atoms with Crippen molar-refractivity contribution in [3.8, 4) is 0 Å². The molecular formula is C26H50O2. The van der Waals surface area contributed by atoms with Crippen LogP contribution in [0.3, 0.4) is 0 Å². The van der Waals surface area contributed by atoms with Gasteiger partial charge in [0, 0.05) is 6.42 Å². The highest BCUT2D eigenvalue weighted by molar-refractivity contribution is 5.69. The summed E-state index contributed by atoms with van der Waals surface area (Å²) in [7, 11) is 0. The maximum absolute atomic E-state index is 11.9. The zero-order valence-corrected chi connectivity index (χ0v) is 19.5. The minimum Gasteiger partial charge on any atom is -0.462 e. The third-order valence-electron chi connectivity index (χ3n) is 5.53. The molecule has 0 spiro atoms. The average molecular weight is 395 g/mol. The van der Waals surface area contributed by atoms with Gasteiger partial charge in [0.05, 0.1) is 0 Å². The van der Waals surface area contributed by atoms with Gasteiger partial charge >= 0.3 is 5.97 Å². The molecule has 2 nitrogen and oxygen atoms in total. The Kier molecular flexibility index (Phi) is 21.9. The Hall–Kier alpha value is -0.790. The molecule has 0 aliphatic rings. The lowest BCUT2D eigenvalue weighted by molar-refractivity contribution is -0.149. The van der Waals surface area contributed by atoms with E-state index in [-0.39, 0.29) is 12.1 Å². The van der Waals surface area contributed by atoms with Crippen molar-refractivity contribution in [3.05, 3.63) is 12.2 Å². The maximum Gasteiger partial charge on any atom is 0.306 e. The van der Waals surface area contributed by atoms with Crippen LogP contribution in [0, 0.1) is 0 Å². The summed E-state index contributed by atoms with van der Waals surface area (Å²) < 4.78 is 5.62. The third-order valence-corrected chi connectivity index (χ3v) is 5.53. The molecule has 1 unspecified atom stereocenters. The lowest BCUT2D eigenvalue weighted by Crippen LogP contribution is -2.17. The quantitative estimate of drug-likeness (QED) is 0.110. The van der Waals surface area contributed by atoms with E-state index in [1.807, 2.05) is 0 Å². The molecule has 0 saturated heterocycles. The highest BCUT2D eigenvalue weighted by Gasteiger charge is 2.11. The molecule has 0 radical (unpaired) electrons. The smallest absolute Gasteiger partial charge is 0.306 e. The molecule has 0 N–H and O–H groups in total. The highest BCUT2D eigenvalue weighted by Crippen LogP contribution is 2.13. The van der Waals surface area contributed by atoms with Crippen LogP contribution in [0.2, 0.25) is 0 Å². The third kappa shape index (κ3) is 20.0. The van der Waals surface area contributed by atoms with Gasteiger partial charge < -0.3 is 4.74 Å². The topological polar surface area (TPSA) is 26.3 Å². The molecule has 0 rings (SSSR count). The minimum atomic E-state index is 0.0148. The maximum atomic E-state index is 11.9. The van der Waals surface area contributed by atoms with E-state index in [2.05, 4.69) is 32.9 Å². The first-order valence-corrected chi connectivity index (χ1v) is 12.6. The molecule has 0 amide bonds. The van der Waals surface area contributed by atoms with Crippen molar-refractivity contribution in [2.75, 3.05) is 0 Å². The van der Waals surface area contributed by atoms with Gasteiger partial charge in [0.2, 0.25) is 0 Å². The van der Waals surface area contributed by atoms with Gasteiger partial charge in [-0.05, 0) is 51.4 Å². The lowest BCUT2D eigenvalue weighted by atomic mass is 10.1. The summed E-state index contributed by atoms with van der Waals surface area (Å²) >= 11 is 0. The number of carbonyl (C=O) groups is 1. The van der Waals surface area contributed by atoms with Gasteiger partial charge in [-0.1, -0.05) is 97.1 Å². The van der Waals surface area contributed by atoms with Crippen molar-refractivity contribution >= 4 is 5.97 Å². The SMILES string of the molecule is CCCCCCCC/C=C\CCCCCCCC(=O)OC(CC)CCCCC. The van der Waals surface area contributed by atoms with Crippen LogP contribution in [0.25, 0.3) is 0 Å². The van der Waals surface area contributed by atoms with E-state index in [1.54, 1.807) is 0 Å². The van der Waals surface area contributed by atoms with Gasteiger partial charge in [-0.25, -0.2) is 0 Å². The van der Waals surface area contributed by atoms with Gasteiger partial charge in [-0.15, -0.1) is 0 Å². The van der Waals surface area contributed by atoms with E-state index in [0.29, 0.717) is 6.42 Å². The fourth-order valence-electron chi connectivity index (χ4n) is 3.55. The monoisotopic (exact) mass is 394 g/mol. The summed E-state index contributed by atoms with van der Waals surface area (Å²) in [5, 5.41) is 0. The largest absolute Gasteiger partial charge is 0.462 e. The molecular weight excluding hydrogens is 344 g/mol. The standard InChI is InChI=1S/C26H50O2/c1-4-7-9-10-11-12-13-14-15-16-17-18-19-20-22-24-26(27)28-25(6-3)23-21-8-5-2/h14-15,25H,4-13,16-24H2,1-3H3/b15-14-. The molecule has 0 saturated carbocycles. The summed E-state index contributed by atoms with van der Waals surface area (Å²) in [6, 6.07) is 0. The lowest BCUT2D eigenvalue weighted by Gasteiger charge is -2.16. The number of ether oxygens (including phenoxy) is 1. The zero-order chi connectivity index (χ0) is 20.7. The number of hydrogen-bond donors (Lipinski definition) is 0. The molecule has 0 aromatic rings. The molecule has 28 heavy (non-hydrogen) atoms. The number of rotatable bonds is 21. The Bertz CT molecular complexity index is 348. The first-order chi connectivity index (χ1) is 13.7. The van der Waals surface area contributed by atoms with Crippen molar-refractivity contribution in [1.82, 2.24) is 0 Å². The molecule has 0 heterocycles. The van der Waals surface area contributed by atoms with Gasteiger partial charge in [0.1, 0.15) is 6.10 Å². The molecule has 0 bridgehead atoms. The fourth-order valence-corrected chi connectivity index (χ4v) is 3.55. The summed E-state index contributed by atoms with van der Waals surface area (Å²) in [6.07, 6.45) is 27.8. The summed E-state index contributed by atoms with van der Waals surface area (Å²) in [6.45, 7) is 6.60. The van der Waals surface area contributed by atoms with Gasteiger partial charge in [0.25, 0.3) is 0 Å². The first-order valence-electron chi connectivity index (χ1n) is 12.6. The normalized spacial score (nSPS) is 12.5. The Morgan fingerprint density at radius 3 is 1.75 bits per heavy atom. The zero-order valence-electron chi connectivity index (χ0n) is 19.5. The second-order valence-electron chi connectivity index (χ2n) is 8.35. The molecule has 166 valence electrons. The number of unbranched alkanes of at least 4 members (excludes halogenated alkanes) is 13. The molecule has 2 heteroatoms. The van der Waals surface area contributed by atoms with Crippen LogP contribution < -0.4 is 0 Å². The van der Waals surface area contributed by atoms with Crippen LogP contribution in [-0.2, 0) is 9.53 Å². The second kappa shape index (κ2) is 22.5. The van der Waals surface area contributed by atoms with E-state index in [9.17, 15) is 4.79 Å². The summed E-state index contributed by atoms with van der Waals surface area (Å²) in [4.78, 5) is 11.9. The van der Waals surface area contributed by atoms with Crippen LogP contribution >= 0.6 is 0 Å². The van der Waals surface area contributed by atoms with E-state index >= 15 is 0 Å². The minimum absolute atomic E-state index is 0.0148. The Morgan fingerprint density at radius 1 is 0.679 bits per heavy atom. The predicted octanol–water partition coefficient (Wildman–Crippen LogP) is 8.93. The number of esters is 1. The second-order valence-corrected chi connectivity index (χ2v) is 8.35. The van der Waals surface area contributed by atoms with Crippen molar-refractivity contribution in [2.24, 2.45) is 0 Å². The van der Waals surface area contributed by atoms with E-state index < -0.39 is 0 Å². The van der Waals surface area contributed by atoms with Crippen LogP contribution in [0.5, 0.6) is 0 Å². The Balaban J connectivity index is 3.39. The van der Waals surface area contributed by atoms with Crippen molar-refractivity contribution < 1.29 is 9.53 Å². The van der Waals surface area contributed by atoms with Crippen LogP contribution in [-0.4, -0.2) is 12.1 Å². The number of hydrogen-bond acceptors (Lipinski definition) is 2. The van der Waals surface area contributed by atoms with Crippen LogP contribution in [0.1, 0.15) is 143 Å². The molecule has 0 aliphatic heterocycles. The number of allylic oxidation sites excluding steroid dienone is 2. The summed E-state index contributed by atoms with van der Waals surface area (Å²) in [5.41, 5.74) is 0. The van der Waals surface area contributed by atoms with Crippen molar-refractivity contribution in [2.45, 2.75) is 149 Å². The van der Waals surface area contributed by atoms with E-state index in [0.717, 1.165) is 25.7 Å². The van der Waals surface area contributed by atoms with Gasteiger partial charge in [-0.2, -0.15) is 0 Å². The molecule has 0 aromatic heterocycles. The Morgan fingerprint density at radius 2 is 1.18 bits per heavy atom. The fraction of sp³-hybridized carbons (Fsp3) is 0.885. The molecule has 0 aromatic carbocycles. The van der Waals surface area contributed by atoms with Gasteiger partial charge in [-0.3, -0.25) is 4.79 Å². The average Bonchev–Trinajstić information content (AvgIpc) is 2.70.